The molecular weight excluding hydrogens is 300 g/mol. The van der Waals surface area contributed by atoms with Crippen molar-refractivity contribution in [2.75, 3.05) is 11.4 Å². The highest BCUT2D eigenvalue weighted by Gasteiger charge is 2.23. The molecule has 1 aliphatic heterocycles. The van der Waals surface area contributed by atoms with Crippen LogP contribution in [0.5, 0.6) is 0 Å². The zero-order valence-electron chi connectivity index (χ0n) is 14.0. The van der Waals surface area contributed by atoms with Crippen molar-refractivity contribution in [1.82, 2.24) is 14.5 Å². The van der Waals surface area contributed by atoms with E-state index >= 15 is 0 Å². The molecule has 0 saturated carbocycles. The van der Waals surface area contributed by atoms with Crippen LogP contribution in [0.25, 0.3) is 0 Å². The van der Waals surface area contributed by atoms with Crippen molar-refractivity contribution in [3.8, 4) is 0 Å². The van der Waals surface area contributed by atoms with Gasteiger partial charge in [0.15, 0.2) is 0 Å². The fourth-order valence-electron chi connectivity index (χ4n) is 3.23. The van der Waals surface area contributed by atoms with Gasteiger partial charge in [-0.2, -0.15) is 0 Å². The molecule has 0 fully saturated rings. The lowest BCUT2D eigenvalue weighted by atomic mass is 10.1. The fraction of sp³-hybridized carbons (Fsp3) is 0.368. The van der Waals surface area contributed by atoms with Gasteiger partial charge in [0.25, 0.3) is 6.01 Å². The Labute approximate surface area is 142 Å². The normalized spacial score (nSPS) is 14.0. The van der Waals surface area contributed by atoms with Crippen LogP contribution < -0.4 is 4.90 Å². The van der Waals surface area contributed by atoms with Gasteiger partial charge in [0.2, 0.25) is 0 Å². The first-order valence-corrected chi connectivity index (χ1v) is 8.60. The van der Waals surface area contributed by atoms with Crippen LogP contribution in [-0.4, -0.2) is 21.1 Å². The first-order valence-electron chi connectivity index (χ1n) is 8.60. The van der Waals surface area contributed by atoms with Crippen LogP contribution >= 0.6 is 0 Å². The summed E-state index contributed by atoms with van der Waals surface area (Å²) in [4.78, 5) is 11.2. The van der Waals surface area contributed by atoms with Gasteiger partial charge >= 0.3 is 0 Å². The van der Waals surface area contributed by atoms with Crippen molar-refractivity contribution in [1.29, 1.82) is 0 Å². The molecule has 0 aliphatic carbocycles. The van der Waals surface area contributed by atoms with Crippen molar-refractivity contribution in [3.63, 3.8) is 0 Å². The number of hydrogen-bond acceptors (Lipinski definition) is 4. The van der Waals surface area contributed by atoms with Crippen LogP contribution in [0.2, 0.25) is 0 Å². The minimum atomic E-state index is 0.719. The van der Waals surface area contributed by atoms with Gasteiger partial charge in [-0.3, -0.25) is 0 Å². The maximum Gasteiger partial charge on any atom is 0.297 e. The van der Waals surface area contributed by atoms with E-state index in [1.165, 1.54) is 11.3 Å². The Morgan fingerprint density at radius 3 is 2.83 bits per heavy atom. The van der Waals surface area contributed by atoms with E-state index in [9.17, 15) is 0 Å². The zero-order chi connectivity index (χ0) is 16.4. The summed E-state index contributed by atoms with van der Waals surface area (Å²) in [7, 11) is 0. The second-order valence-corrected chi connectivity index (χ2v) is 6.20. The van der Waals surface area contributed by atoms with E-state index in [1.807, 2.05) is 12.5 Å². The number of nitrogens with zero attached hydrogens (tertiary/aromatic N) is 4. The van der Waals surface area contributed by atoms with Gasteiger partial charge in [-0.25, -0.2) is 9.97 Å². The summed E-state index contributed by atoms with van der Waals surface area (Å²) in [6, 6.07) is 11.3. The van der Waals surface area contributed by atoms with Crippen molar-refractivity contribution >= 4 is 6.01 Å². The average molecular weight is 322 g/mol. The Hall–Kier alpha value is -2.56. The molecule has 3 heterocycles. The summed E-state index contributed by atoms with van der Waals surface area (Å²) < 4.78 is 8.08. The molecule has 5 heteroatoms. The van der Waals surface area contributed by atoms with Gasteiger partial charge < -0.3 is 13.9 Å². The van der Waals surface area contributed by atoms with Gasteiger partial charge in [0, 0.05) is 31.6 Å². The number of anilines is 1. The molecule has 0 bridgehead atoms. The third kappa shape index (κ3) is 2.94. The predicted octanol–water partition coefficient (Wildman–Crippen LogP) is 3.24. The second-order valence-electron chi connectivity index (χ2n) is 6.20. The molecule has 24 heavy (non-hydrogen) atoms. The third-order valence-corrected chi connectivity index (χ3v) is 4.64. The lowest BCUT2D eigenvalue weighted by molar-refractivity contribution is 0.485. The molecule has 0 atom stereocenters. The summed E-state index contributed by atoms with van der Waals surface area (Å²) in [5.74, 6) is 0.934. The topological polar surface area (TPSA) is 47.1 Å². The number of imidazole rings is 1. The van der Waals surface area contributed by atoms with Crippen LogP contribution in [0.15, 0.2) is 47.3 Å². The number of benzene rings is 1. The summed E-state index contributed by atoms with van der Waals surface area (Å²) >= 11 is 0. The highest BCUT2D eigenvalue weighted by molar-refractivity contribution is 5.33. The number of hydrogen-bond donors (Lipinski definition) is 0. The molecule has 1 aromatic carbocycles. The predicted molar refractivity (Wildman–Crippen MR) is 93.0 cm³/mol. The maximum atomic E-state index is 5.78. The molecule has 4 rings (SSSR count). The van der Waals surface area contributed by atoms with Gasteiger partial charge in [-0.1, -0.05) is 37.3 Å². The highest BCUT2D eigenvalue weighted by atomic mass is 16.4. The lowest BCUT2D eigenvalue weighted by Gasteiger charge is -2.25. The van der Waals surface area contributed by atoms with E-state index in [1.54, 1.807) is 0 Å². The Kier molecular flexibility index (Phi) is 4.07. The molecule has 0 N–H and O–H groups in total. The smallest absolute Gasteiger partial charge is 0.297 e. The Morgan fingerprint density at radius 1 is 1.17 bits per heavy atom. The largest absolute Gasteiger partial charge is 0.429 e. The van der Waals surface area contributed by atoms with E-state index in [0.717, 1.165) is 56.4 Å². The number of aryl methyl sites for hydroxylation is 3. The molecule has 5 nitrogen and oxygen atoms in total. The molecule has 0 spiro atoms. The second kappa shape index (κ2) is 6.51. The molecule has 0 radical (unpaired) electrons. The van der Waals surface area contributed by atoms with Gasteiger partial charge in [0.1, 0.15) is 5.76 Å². The van der Waals surface area contributed by atoms with Gasteiger partial charge in [-0.15, -0.1) is 0 Å². The molecule has 0 amide bonds. The molecule has 0 unspecified atom stereocenters. The zero-order valence-corrected chi connectivity index (χ0v) is 14.0. The van der Waals surface area contributed by atoms with Crippen molar-refractivity contribution in [3.05, 3.63) is 65.6 Å². The number of oxazole rings is 1. The summed E-state index contributed by atoms with van der Waals surface area (Å²) in [5, 5.41) is 0. The Balaban J connectivity index is 1.45. The summed E-state index contributed by atoms with van der Waals surface area (Å²) in [5.41, 5.74) is 3.86. The van der Waals surface area contributed by atoms with Crippen molar-refractivity contribution in [2.24, 2.45) is 0 Å². The van der Waals surface area contributed by atoms with E-state index in [4.69, 9.17) is 4.42 Å². The highest BCUT2D eigenvalue weighted by Crippen LogP contribution is 2.24. The Morgan fingerprint density at radius 2 is 2.04 bits per heavy atom. The standard InChI is InChI=1S/C19H22N4O/c1-2-16-12-20-19(24-16)22-11-9-18-17(13-22)21-14-23(18)10-8-15-6-4-3-5-7-15/h3-7,12,14H,2,8-11,13H2,1H3. The van der Waals surface area contributed by atoms with Gasteiger partial charge in [-0.05, 0) is 12.0 Å². The van der Waals surface area contributed by atoms with Crippen LogP contribution in [0.3, 0.4) is 0 Å². The van der Waals surface area contributed by atoms with Crippen molar-refractivity contribution < 1.29 is 4.42 Å². The minimum absolute atomic E-state index is 0.719. The molecule has 2 aromatic heterocycles. The van der Waals surface area contributed by atoms with Crippen LogP contribution in [0.1, 0.15) is 29.6 Å². The molecule has 0 saturated heterocycles. The van der Waals surface area contributed by atoms with Crippen LogP contribution in [0.4, 0.5) is 6.01 Å². The van der Waals surface area contributed by atoms with Crippen LogP contribution in [0, 0.1) is 0 Å². The van der Waals surface area contributed by atoms with E-state index < -0.39 is 0 Å². The third-order valence-electron chi connectivity index (χ3n) is 4.64. The van der Waals surface area contributed by atoms with E-state index in [2.05, 4.69) is 56.7 Å². The number of aromatic nitrogens is 3. The minimum Gasteiger partial charge on any atom is -0.429 e. The molecular formula is C19H22N4O. The molecule has 1 aliphatic rings. The van der Waals surface area contributed by atoms with Crippen molar-refractivity contribution in [2.45, 2.75) is 39.3 Å². The number of fused-ring (bicyclic) bond motifs is 1. The Bertz CT molecular complexity index is 806. The SMILES string of the molecule is CCc1cnc(N2CCc3c(ncn3CCc3ccccc3)C2)o1. The lowest BCUT2D eigenvalue weighted by Crippen LogP contribution is -2.31. The fourth-order valence-corrected chi connectivity index (χ4v) is 3.23. The maximum absolute atomic E-state index is 5.78. The monoisotopic (exact) mass is 322 g/mol. The van der Waals surface area contributed by atoms with Crippen LogP contribution in [-0.2, 0) is 32.4 Å². The number of rotatable bonds is 5. The average Bonchev–Trinajstić information content (AvgIpc) is 3.27. The van der Waals surface area contributed by atoms with Gasteiger partial charge in [0.05, 0.1) is 24.8 Å². The first-order chi connectivity index (χ1) is 11.8. The van der Waals surface area contributed by atoms with E-state index in [0.29, 0.717) is 0 Å². The summed E-state index contributed by atoms with van der Waals surface area (Å²) in [6.45, 7) is 4.75. The quantitative estimate of drug-likeness (QED) is 0.723. The summed E-state index contributed by atoms with van der Waals surface area (Å²) in [6.07, 6.45) is 6.69. The molecule has 124 valence electrons. The van der Waals surface area contributed by atoms with E-state index in [-0.39, 0.29) is 0 Å². The first kappa shape index (κ1) is 15.0. The molecule has 3 aromatic rings.